The number of hydrogen-bond acceptors (Lipinski definition) is 4. The fourth-order valence-corrected chi connectivity index (χ4v) is 2.58. The highest BCUT2D eigenvalue weighted by atomic mass is 32.1. The first-order valence-electron chi connectivity index (χ1n) is 6.26. The van der Waals surface area contributed by atoms with Gasteiger partial charge in [0.1, 0.15) is 0 Å². The molecule has 0 bridgehead atoms. The van der Waals surface area contributed by atoms with Gasteiger partial charge in [-0.05, 0) is 25.0 Å². The van der Waals surface area contributed by atoms with Gasteiger partial charge in [-0.2, -0.15) is 0 Å². The summed E-state index contributed by atoms with van der Waals surface area (Å²) in [7, 11) is 0. The van der Waals surface area contributed by atoms with Gasteiger partial charge < -0.3 is 14.6 Å². The Balaban J connectivity index is 1.77. The lowest BCUT2D eigenvalue weighted by Gasteiger charge is -2.21. The van der Waals surface area contributed by atoms with E-state index in [2.05, 4.69) is 17.9 Å². The zero-order chi connectivity index (χ0) is 12.6. The van der Waals surface area contributed by atoms with Gasteiger partial charge in [-0.15, -0.1) is 11.3 Å². The summed E-state index contributed by atoms with van der Waals surface area (Å²) < 4.78 is 11.1. The number of aliphatic hydroxyl groups excluding tert-OH is 1. The number of rotatable bonds is 4. The van der Waals surface area contributed by atoms with Gasteiger partial charge in [-0.25, -0.2) is 0 Å². The molecule has 2 heterocycles. The molecule has 0 atom stereocenters. The van der Waals surface area contributed by atoms with Gasteiger partial charge >= 0.3 is 0 Å². The van der Waals surface area contributed by atoms with Crippen molar-refractivity contribution in [1.29, 1.82) is 0 Å². The van der Waals surface area contributed by atoms with E-state index in [-0.39, 0.29) is 6.61 Å². The molecule has 0 saturated carbocycles. The summed E-state index contributed by atoms with van der Waals surface area (Å²) in [6.07, 6.45) is 2.86. The first-order chi connectivity index (χ1) is 8.88. The van der Waals surface area contributed by atoms with Gasteiger partial charge in [0.15, 0.2) is 0 Å². The highest BCUT2D eigenvalue weighted by Gasteiger charge is 2.14. The molecule has 4 heteroatoms. The summed E-state index contributed by atoms with van der Waals surface area (Å²) >= 11 is 1.66. The first-order valence-corrected chi connectivity index (χ1v) is 7.08. The van der Waals surface area contributed by atoms with Crippen molar-refractivity contribution in [1.82, 2.24) is 0 Å². The largest absolute Gasteiger partial charge is 0.395 e. The van der Waals surface area contributed by atoms with Crippen molar-refractivity contribution in [2.45, 2.75) is 32.0 Å². The van der Waals surface area contributed by atoms with Gasteiger partial charge in [0.05, 0.1) is 24.2 Å². The highest BCUT2D eigenvalue weighted by molar-refractivity contribution is 7.12. The highest BCUT2D eigenvalue weighted by Crippen LogP contribution is 2.19. The van der Waals surface area contributed by atoms with E-state index in [0.29, 0.717) is 19.1 Å². The maximum Gasteiger partial charge on any atom is 0.0813 e. The van der Waals surface area contributed by atoms with E-state index < -0.39 is 0 Å². The van der Waals surface area contributed by atoms with Gasteiger partial charge in [0, 0.05) is 24.5 Å². The van der Waals surface area contributed by atoms with Crippen molar-refractivity contribution in [3.05, 3.63) is 21.9 Å². The molecule has 0 radical (unpaired) electrons. The van der Waals surface area contributed by atoms with Crippen LogP contribution in [-0.4, -0.2) is 31.0 Å². The van der Waals surface area contributed by atoms with E-state index in [9.17, 15) is 0 Å². The molecule has 3 nitrogen and oxygen atoms in total. The Morgan fingerprint density at radius 1 is 1.39 bits per heavy atom. The molecule has 18 heavy (non-hydrogen) atoms. The molecule has 0 unspecified atom stereocenters. The molecule has 1 aliphatic heterocycles. The van der Waals surface area contributed by atoms with E-state index in [4.69, 9.17) is 14.6 Å². The van der Waals surface area contributed by atoms with Gasteiger partial charge in [-0.1, -0.05) is 11.8 Å². The fraction of sp³-hybridized carbons (Fsp3) is 0.571. The van der Waals surface area contributed by atoms with Crippen molar-refractivity contribution < 1.29 is 14.6 Å². The van der Waals surface area contributed by atoms with Crippen molar-refractivity contribution >= 4 is 11.3 Å². The Morgan fingerprint density at radius 2 is 2.22 bits per heavy atom. The van der Waals surface area contributed by atoms with Crippen LogP contribution in [-0.2, 0) is 16.1 Å². The molecule has 1 aromatic rings. The molecule has 98 valence electrons. The number of thiophene rings is 1. The van der Waals surface area contributed by atoms with E-state index in [0.717, 1.165) is 30.9 Å². The zero-order valence-corrected chi connectivity index (χ0v) is 11.2. The average molecular weight is 266 g/mol. The Hall–Kier alpha value is -0.860. The minimum atomic E-state index is 0.123. The number of hydrogen-bond donors (Lipinski definition) is 1. The molecule has 0 aliphatic carbocycles. The van der Waals surface area contributed by atoms with Gasteiger partial charge in [0.2, 0.25) is 0 Å². The Morgan fingerprint density at radius 3 is 3.00 bits per heavy atom. The lowest BCUT2D eigenvalue weighted by atomic mass is 10.1. The van der Waals surface area contributed by atoms with Crippen LogP contribution in [0.1, 0.15) is 29.0 Å². The van der Waals surface area contributed by atoms with Crippen LogP contribution in [0.5, 0.6) is 0 Å². The third-order valence-electron chi connectivity index (χ3n) is 2.74. The summed E-state index contributed by atoms with van der Waals surface area (Å²) in [6.45, 7) is 2.41. The van der Waals surface area contributed by atoms with E-state index in [1.54, 1.807) is 11.3 Å². The normalized spacial score (nSPS) is 16.3. The van der Waals surface area contributed by atoms with Crippen molar-refractivity contribution in [3.8, 4) is 11.8 Å². The van der Waals surface area contributed by atoms with E-state index in [1.165, 1.54) is 4.88 Å². The number of aliphatic hydroxyl groups is 1. The Kier molecular flexibility index (Phi) is 5.69. The van der Waals surface area contributed by atoms with Crippen molar-refractivity contribution in [3.63, 3.8) is 0 Å². The van der Waals surface area contributed by atoms with Gasteiger partial charge in [0.25, 0.3) is 0 Å². The lowest BCUT2D eigenvalue weighted by Crippen LogP contribution is -2.23. The molecular formula is C14H18O3S. The minimum Gasteiger partial charge on any atom is -0.395 e. The minimum absolute atomic E-state index is 0.123. The summed E-state index contributed by atoms with van der Waals surface area (Å²) in [5.41, 5.74) is 0. The van der Waals surface area contributed by atoms with Crippen LogP contribution < -0.4 is 0 Å². The second-order valence-electron chi connectivity index (χ2n) is 4.16. The molecule has 1 fully saturated rings. The third kappa shape index (κ3) is 4.43. The predicted molar refractivity (Wildman–Crippen MR) is 71.5 cm³/mol. The van der Waals surface area contributed by atoms with Crippen LogP contribution in [0.25, 0.3) is 0 Å². The first kappa shape index (κ1) is 13.6. The molecule has 2 rings (SSSR count). The van der Waals surface area contributed by atoms with Crippen LogP contribution >= 0.6 is 11.3 Å². The SMILES string of the molecule is OCCC#Cc1ccc(COC2CCOCC2)s1. The molecule has 1 saturated heterocycles. The van der Waals surface area contributed by atoms with Crippen LogP contribution in [0.4, 0.5) is 0 Å². The smallest absolute Gasteiger partial charge is 0.0813 e. The molecule has 1 aliphatic rings. The second kappa shape index (κ2) is 7.55. The summed E-state index contributed by atoms with van der Waals surface area (Å²) in [4.78, 5) is 2.24. The fourth-order valence-electron chi connectivity index (χ4n) is 1.77. The average Bonchev–Trinajstić information content (AvgIpc) is 2.86. The topological polar surface area (TPSA) is 38.7 Å². The summed E-state index contributed by atoms with van der Waals surface area (Å²) in [5, 5.41) is 8.65. The van der Waals surface area contributed by atoms with Crippen molar-refractivity contribution in [2.24, 2.45) is 0 Å². The monoisotopic (exact) mass is 266 g/mol. The van der Waals surface area contributed by atoms with Gasteiger partial charge in [-0.3, -0.25) is 0 Å². The van der Waals surface area contributed by atoms with Crippen LogP contribution in [0.3, 0.4) is 0 Å². The standard InChI is InChI=1S/C14H18O3S/c15-8-2-1-3-13-4-5-14(18-13)11-17-12-6-9-16-10-7-12/h4-5,12,15H,2,6-11H2. The third-order valence-corrected chi connectivity index (χ3v) is 3.71. The second-order valence-corrected chi connectivity index (χ2v) is 5.33. The molecule has 0 amide bonds. The summed E-state index contributed by atoms with van der Waals surface area (Å²) in [6, 6.07) is 4.07. The molecule has 1 N–H and O–H groups in total. The molecule has 0 aromatic carbocycles. The molecule has 1 aromatic heterocycles. The Bertz CT molecular complexity index is 410. The molecule has 0 spiro atoms. The summed E-state index contributed by atoms with van der Waals surface area (Å²) in [5.74, 6) is 5.96. The zero-order valence-electron chi connectivity index (χ0n) is 10.4. The van der Waals surface area contributed by atoms with E-state index >= 15 is 0 Å². The van der Waals surface area contributed by atoms with Crippen molar-refractivity contribution in [2.75, 3.05) is 19.8 Å². The predicted octanol–water partition coefficient (Wildman–Crippen LogP) is 2.18. The van der Waals surface area contributed by atoms with Crippen LogP contribution in [0, 0.1) is 11.8 Å². The number of ether oxygens (including phenoxy) is 2. The van der Waals surface area contributed by atoms with E-state index in [1.807, 2.05) is 6.07 Å². The maximum absolute atomic E-state index is 8.65. The quantitative estimate of drug-likeness (QED) is 0.849. The molecular weight excluding hydrogens is 248 g/mol. The lowest BCUT2D eigenvalue weighted by molar-refractivity contribution is -0.0383. The van der Waals surface area contributed by atoms with Crippen LogP contribution in [0.15, 0.2) is 12.1 Å². The Labute approximate surface area is 112 Å². The maximum atomic E-state index is 8.65. The van der Waals surface area contributed by atoms with Crippen LogP contribution in [0.2, 0.25) is 0 Å².